The lowest BCUT2D eigenvalue weighted by Gasteiger charge is -2.38. The predicted molar refractivity (Wildman–Crippen MR) is 192 cm³/mol. The summed E-state index contributed by atoms with van der Waals surface area (Å²) in [4.78, 5) is 49.1. The number of carboxylic acids is 1. The number of carbonyl (C=O) groups excluding carboxylic acids is 2. The van der Waals surface area contributed by atoms with Crippen molar-refractivity contribution in [3.05, 3.63) is 65.7 Å². The highest BCUT2D eigenvalue weighted by atomic mass is 16.4. The summed E-state index contributed by atoms with van der Waals surface area (Å²) in [5, 5.41) is 16.5. The van der Waals surface area contributed by atoms with E-state index in [-0.39, 0.29) is 31.0 Å². The van der Waals surface area contributed by atoms with Crippen LogP contribution in [0.5, 0.6) is 0 Å². The summed E-state index contributed by atoms with van der Waals surface area (Å²) in [6.07, 6.45) is 21.0. The molecule has 3 aromatic rings. The molecule has 50 heavy (non-hydrogen) atoms. The summed E-state index contributed by atoms with van der Waals surface area (Å²) >= 11 is 0. The molecule has 0 unspecified atom stereocenters. The maximum absolute atomic E-state index is 13.5. The minimum atomic E-state index is -0.919. The van der Waals surface area contributed by atoms with Gasteiger partial charge in [0, 0.05) is 43.7 Å². The molecule has 2 saturated carbocycles. The molecule has 2 aliphatic carbocycles. The maximum Gasteiger partial charge on any atom is 0.310 e. The van der Waals surface area contributed by atoms with Gasteiger partial charge < -0.3 is 15.3 Å². The van der Waals surface area contributed by atoms with E-state index in [1.165, 1.54) is 80.9 Å². The topological polar surface area (TPSA) is 130 Å². The van der Waals surface area contributed by atoms with Gasteiger partial charge in [0.05, 0.1) is 23.2 Å². The molecule has 10 heteroatoms. The molecule has 1 aliphatic heterocycles. The van der Waals surface area contributed by atoms with Crippen LogP contribution < -0.4 is 5.32 Å². The smallest absolute Gasteiger partial charge is 0.310 e. The van der Waals surface area contributed by atoms with Gasteiger partial charge in [0.15, 0.2) is 5.82 Å². The molecular formula is C40H54N6O4. The number of hydrogen-bond acceptors (Lipinski definition) is 6. The molecule has 3 heterocycles. The van der Waals surface area contributed by atoms with Gasteiger partial charge in [0.2, 0.25) is 5.91 Å². The number of likely N-dealkylation sites (tertiary alicyclic amines) is 1. The van der Waals surface area contributed by atoms with Crippen LogP contribution in [0.1, 0.15) is 119 Å². The van der Waals surface area contributed by atoms with Crippen molar-refractivity contribution in [3.8, 4) is 11.4 Å². The van der Waals surface area contributed by atoms with Gasteiger partial charge in [-0.3, -0.25) is 19.1 Å². The Morgan fingerprint density at radius 1 is 0.900 bits per heavy atom. The first-order valence-electron chi connectivity index (χ1n) is 18.8. The number of carbonyl (C=O) groups is 3. The summed E-state index contributed by atoms with van der Waals surface area (Å²) in [6.45, 7) is 8.56. The zero-order chi connectivity index (χ0) is 35.4. The highest BCUT2D eigenvalue weighted by Crippen LogP contribution is 2.44. The number of hydrogen-bond donors (Lipinski definition) is 2. The Bertz CT molecular complexity index is 1610. The number of carboxylic acid groups (broad SMARTS) is 1. The third kappa shape index (κ3) is 8.44. The van der Waals surface area contributed by atoms with Crippen LogP contribution in [0.25, 0.3) is 11.4 Å². The summed E-state index contributed by atoms with van der Waals surface area (Å²) in [6, 6.07) is 6.91. The predicted octanol–water partition coefficient (Wildman–Crippen LogP) is 6.86. The fraction of sp³-hybridized carbons (Fsp3) is 0.600. The zero-order valence-corrected chi connectivity index (χ0v) is 30.2. The lowest BCUT2D eigenvalue weighted by atomic mass is 9.68. The molecule has 1 atom stereocenters. The number of amides is 2. The van der Waals surface area contributed by atoms with Crippen LogP contribution in [0.15, 0.2) is 49.1 Å². The van der Waals surface area contributed by atoms with E-state index in [4.69, 9.17) is 9.97 Å². The van der Waals surface area contributed by atoms with E-state index in [2.05, 4.69) is 17.3 Å². The van der Waals surface area contributed by atoms with Crippen molar-refractivity contribution in [1.29, 1.82) is 0 Å². The molecule has 268 valence electrons. The Morgan fingerprint density at radius 2 is 1.52 bits per heavy atom. The third-order valence-electron chi connectivity index (χ3n) is 11.5. The molecule has 6 rings (SSSR count). The average molecular weight is 683 g/mol. The number of nitrogens with zero attached hydrogens (tertiary/aromatic N) is 5. The Balaban J connectivity index is 1.06. The SMILES string of the molecule is CCCC1CCC(C2CCC(c3cnc(-c4ccc(C[C@H](NC(=O)c5cnn(C(C)(C)C)c5)C(=O)N5CC(C(=O)O)C5)cc4)nc3)CC2)CC1. The van der Waals surface area contributed by atoms with E-state index >= 15 is 0 Å². The van der Waals surface area contributed by atoms with Gasteiger partial charge in [-0.1, -0.05) is 56.9 Å². The quantitative estimate of drug-likeness (QED) is 0.226. The highest BCUT2D eigenvalue weighted by Gasteiger charge is 2.39. The first-order chi connectivity index (χ1) is 24.0. The van der Waals surface area contributed by atoms with Crippen molar-refractivity contribution in [2.75, 3.05) is 13.1 Å². The molecule has 2 N–H and O–H groups in total. The lowest BCUT2D eigenvalue weighted by molar-refractivity contribution is -0.153. The fourth-order valence-electron chi connectivity index (χ4n) is 8.29. The maximum atomic E-state index is 13.5. The van der Waals surface area contributed by atoms with E-state index in [0.717, 1.165) is 28.9 Å². The molecule has 3 aliphatic rings. The minimum Gasteiger partial charge on any atom is -0.481 e. The van der Waals surface area contributed by atoms with Crippen molar-refractivity contribution in [1.82, 2.24) is 30.0 Å². The van der Waals surface area contributed by atoms with Crippen molar-refractivity contribution in [2.45, 2.75) is 116 Å². The van der Waals surface area contributed by atoms with Crippen LogP contribution in [0.2, 0.25) is 0 Å². The summed E-state index contributed by atoms with van der Waals surface area (Å²) < 4.78 is 1.71. The average Bonchev–Trinajstić information content (AvgIpc) is 3.60. The fourth-order valence-corrected chi connectivity index (χ4v) is 8.29. The molecule has 10 nitrogen and oxygen atoms in total. The first-order valence-corrected chi connectivity index (χ1v) is 18.8. The highest BCUT2D eigenvalue weighted by molar-refractivity contribution is 5.97. The standard InChI is InChI=1S/C40H54N6O4/c1-5-6-26-7-11-28(12-8-26)29-15-17-30(18-16-29)32-20-41-36(42-21-32)31-13-9-27(10-14-31)19-35(38(48)45-23-34(24-45)39(49)50)44-37(47)33-22-43-46(25-33)40(2,3)4/h9-10,13-14,20-22,25-26,28-30,34-35H,5-8,11-12,15-19,23-24H2,1-4H3,(H,44,47)(H,49,50)/t26?,28?,29?,30?,35-/m0/s1. The van der Waals surface area contributed by atoms with E-state index < -0.39 is 23.8 Å². The number of nitrogens with one attached hydrogen (secondary N) is 1. The van der Waals surface area contributed by atoms with Gasteiger partial charge in [0.25, 0.3) is 5.91 Å². The van der Waals surface area contributed by atoms with Crippen LogP contribution in [0.4, 0.5) is 0 Å². The van der Waals surface area contributed by atoms with Gasteiger partial charge in [-0.25, -0.2) is 9.97 Å². The number of rotatable bonds is 11. The Kier molecular flexibility index (Phi) is 11.0. The van der Waals surface area contributed by atoms with E-state index in [1.54, 1.807) is 10.9 Å². The number of benzene rings is 1. The number of aliphatic carboxylic acids is 1. The summed E-state index contributed by atoms with van der Waals surface area (Å²) in [7, 11) is 0. The van der Waals surface area contributed by atoms with Crippen molar-refractivity contribution in [3.63, 3.8) is 0 Å². The van der Waals surface area contributed by atoms with Gasteiger partial charge in [-0.05, 0) is 94.1 Å². The normalized spacial score (nSPS) is 23.6. The molecule has 2 amide bonds. The van der Waals surface area contributed by atoms with Gasteiger partial charge in [-0.15, -0.1) is 0 Å². The molecule has 3 fully saturated rings. The van der Waals surface area contributed by atoms with Crippen LogP contribution in [-0.4, -0.2) is 66.7 Å². The van der Waals surface area contributed by atoms with E-state index in [1.807, 2.05) is 57.4 Å². The van der Waals surface area contributed by atoms with E-state index in [0.29, 0.717) is 17.3 Å². The van der Waals surface area contributed by atoms with Gasteiger partial charge in [0.1, 0.15) is 6.04 Å². The first kappa shape index (κ1) is 35.7. The Morgan fingerprint density at radius 3 is 2.08 bits per heavy atom. The summed E-state index contributed by atoms with van der Waals surface area (Å²) in [5.74, 6) is 1.77. The second-order valence-corrected chi connectivity index (χ2v) is 16.1. The van der Waals surface area contributed by atoms with Crippen molar-refractivity contribution < 1.29 is 19.5 Å². The lowest BCUT2D eigenvalue weighted by Crippen LogP contribution is -2.59. The van der Waals surface area contributed by atoms with Crippen LogP contribution in [0.3, 0.4) is 0 Å². The molecular weight excluding hydrogens is 628 g/mol. The van der Waals surface area contributed by atoms with Crippen molar-refractivity contribution in [2.24, 2.45) is 23.7 Å². The number of aromatic nitrogens is 4. The molecule has 1 aromatic carbocycles. The Labute approximate surface area is 296 Å². The molecule has 0 bridgehead atoms. The molecule has 2 aromatic heterocycles. The minimum absolute atomic E-state index is 0.135. The van der Waals surface area contributed by atoms with Crippen molar-refractivity contribution >= 4 is 17.8 Å². The Hall–Kier alpha value is -4.08. The van der Waals surface area contributed by atoms with Crippen LogP contribution in [-0.2, 0) is 21.5 Å². The van der Waals surface area contributed by atoms with Gasteiger partial charge >= 0.3 is 5.97 Å². The van der Waals surface area contributed by atoms with E-state index in [9.17, 15) is 19.5 Å². The largest absolute Gasteiger partial charge is 0.481 e. The van der Waals surface area contributed by atoms with Crippen LogP contribution >= 0.6 is 0 Å². The summed E-state index contributed by atoms with van der Waals surface area (Å²) in [5.41, 5.74) is 3.04. The second-order valence-electron chi connectivity index (χ2n) is 16.1. The molecule has 1 saturated heterocycles. The third-order valence-corrected chi connectivity index (χ3v) is 11.5. The molecule has 0 radical (unpaired) electrons. The van der Waals surface area contributed by atoms with Crippen LogP contribution in [0, 0.1) is 23.7 Å². The van der Waals surface area contributed by atoms with Gasteiger partial charge in [-0.2, -0.15) is 5.10 Å². The second kappa shape index (κ2) is 15.4. The zero-order valence-electron chi connectivity index (χ0n) is 30.2. The monoisotopic (exact) mass is 682 g/mol. The molecule has 0 spiro atoms.